The first-order valence-electron chi connectivity index (χ1n) is 5.26. The first kappa shape index (κ1) is 10.1. The number of halogens is 1. The Morgan fingerprint density at radius 3 is 2.88 bits per heavy atom. The van der Waals surface area contributed by atoms with Gasteiger partial charge in [0, 0.05) is 16.5 Å². The summed E-state index contributed by atoms with van der Waals surface area (Å²) < 4.78 is 0. The highest BCUT2D eigenvalue weighted by atomic mass is 35.5. The minimum absolute atomic E-state index is 0.653. The van der Waals surface area contributed by atoms with Crippen molar-refractivity contribution >= 4 is 27.9 Å². The van der Waals surface area contributed by atoms with Gasteiger partial charge < -0.3 is 5.73 Å². The Morgan fingerprint density at radius 2 is 2.19 bits per heavy atom. The van der Waals surface area contributed by atoms with Crippen molar-refractivity contribution in [1.82, 2.24) is 4.98 Å². The van der Waals surface area contributed by atoms with Crippen molar-refractivity contribution < 1.29 is 0 Å². The number of hydrogen-bond acceptors (Lipinski definition) is 3. The van der Waals surface area contributed by atoms with E-state index in [-0.39, 0.29) is 0 Å². The summed E-state index contributed by atoms with van der Waals surface area (Å²) in [5.74, 6) is 0.653. The van der Waals surface area contributed by atoms with Gasteiger partial charge in [0.1, 0.15) is 10.7 Å². The number of aromatic nitrogens is 1. The molecule has 1 aromatic heterocycles. The van der Waals surface area contributed by atoms with E-state index in [0.29, 0.717) is 5.92 Å². The predicted octanol–water partition coefficient (Wildman–Crippen LogP) is 3.92. The quantitative estimate of drug-likeness (QED) is 0.877. The number of nitrogen functional groups attached to an aromatic ring is 1. The molecule has 0 saturated heterocycles. The Morgan fingerprint density at radius 1 is 1.38 bits per heavy atom. The van der Waals surface area contributed by atoms with Gasteiger partial charge in [-0.1, -0.05) is 23.7 Å². The molecular formula is C12H11ClN2S. The maximum absolute atomic E-state index is 6.00. The van der Waals surface area contributed by atoms with Gasteiger partial charge in [0.25, 0.3) is 0 Å². The Kier molecular flexibility index (Phi) is 2.37. The van der Waals surface area contributed by atoms with Crippen LogP contribution in [0.25, 0.3) is 11.3 Å². The molecule has 0 radical (unpaired) electrons. The lowest BCUT2D eigenvalue weighted by Crippen LogP contribution is -1.85. The van der Waals surface area contributed by atoms with Crippen LogP contribution in [0.2, 0.25) is 5.02 Å². The molecule has 0 spiro atoms. The van der Waals surface area contributed by atoms with E-state index in [1.807, 2.05) is 24.3 Å². The monoisotopic (exact) mass is 250 g/mol. The maximum atomic E-state index is 6.00. The molecule has 0 unspecified atom stereocenters. The van der Waals surface area contributed by atoms with Crippen molar-refractivity contribution in [2.24, 2.45) is 0 Å². The molecule has 0 aliphatic heterocycles. The standard InChI is InChI=1S/C12H11ClN2S/c13-9-3-1-2-8(6-9)10-11(14)16-12(15-10)7-4-5-7/h1-3,6-7H,4-5,14H2. The minimum atomic E-state index is 0.653. The van der Waals surface area contributed by atoms with Crippen molar-refractivity contribution in [1.29, 1.82) is 0 Å². The van der Waals surface area contributed by atoms with Gasteiger partial charge in [0.15, 0.2) is 0 Å². The molecule has 1 fully saturated rings. The summed E-state index contributed by atoms with van der Waals surface area (Å²) in [6.45, 7) is 0. The van der Waals surface area contributed by atoms with Crippen molar-refractivity contribution in [3.05, 3.63) is 34.3 Å². The fourth-order valence-electron chi connectivity index (χ4n) is 1.70. The van der Waals surface area contributed by atoms with Gasteiger partial charge in [-0.2, -0.15) is 0 Å². The first-order chi connectivity index (χ1) is 7.74. The molecule has 4 heteroatoms. The van der Waals surface area contributed by atoms with Crippen molar-refractivity contribution in [2.45, 2.75) is 18.8 Å². The highest BCUT2D eigenvalue weighted by Crippen LogP contribution is 2.45. The third-order valence-electron chi connectivity index (χ3n) is 2.69. The molecule has 2 N–H and O–H groups in total. The topological polar surface area (TPSA) is 38.9 Å². The van der Waals surface area contributed by atoms with E-state index in [1.165, 1.54) is 17.8 Å². The molecule has 2 nitrogen and oxygen atoms in total. The number of thiazole rings is 1. The smallest absolute Gasteiger partial charge is 0.114 e. The third kappa shape index (κ3) is 1.81. The largest absolute Gasteiger partial charge is 0.389 e. The number of hydrogen-bond donors (Lipinski definition) is 1. The number of anilines is 1. The number of nitrogens with zero attached hydrogens (tertiary/aromatic N) is 1. The van der Waals surface area contributed by atoms with Crippen LogP contribution >= 0.6 is 22.9 Å². The van der Waals surface area contributed by atoms with Crippen LogP contribution in [0.15, 0.2) is 24.3 Å². The van der Waals surface area contributed by atoms with Crippen LogP contribution in [-0.2, 0) is 0 Å². The zero-order valence-corrected chi connectivity index (χ0v) is 10.2. The van der Waals surface area contributed by atoms with Gasteiger partial charge in [-0.25, -0.2) is 4.98 Å². The summed E-state index contributed by atoms with van der Waals surface area (Å²) in [7, 11) is 0. The summed E-state index contributed by atoms with van der Waals surface area (Å²) >= 11 is 7.57. The van der Waals surface area contributed by atoms with E-state index >= 15 is 0 Å². The van der Waals surface area contributed by atoms with Gasteiger partial charge in [0.2, 0.25) is 0 Å². The second-order valence-corrected chi connectivity index (χ2v) is 5.55. The van der Waals surface area contributed by atoms with Crippen LogP contribution in [-0.4, -0.2) is 4.98 Å². The fourth-order valence-corrected chi connectivity index (χ4v) is 2.91. The van der Waals surface area contributed by atoms with E-state index < -0.39 is 0 Å². The van der Waals surface area contributed by atoms with Crippen LogP contribution in [0.3, 0.4) is 0 Å². The van der Waals surface area contributed by atoms with Gasteiger partial charge in [0.05, 0.1) is 5.01 Å². The summed E-state index contributed by atoms with van der Waals surface area (Å²) in [5, 5.41) is 2.69. The van der Waals surface area contributed by atoms with E-state index in [2.05, 4.69) is 4.98 Å². The van der Waals surface area contributed by atoms with Crippen LogP contribution in [0.5, 0.6) is 0 Å². The average Bonchev–Trinajstić information content (AvgIpc) is 3.02. The Labute approximate surface area is 103 Å². The molecule has 2 aromatic rings. The molecule has 1 saturated carbocycles. The fraction of sp³-hybridized carbons (Fsp3) is 0.250. The SMILES string of the molecule is Nc1sc(C2CC2)nc1-c1cccc(Cl)c1. The third-order valence-corrected chi connectivity index (χ3v) is 3.98. The highest BCUT2D eigenvalue weighted by Gasteiger charge is 2.28. The van der Waals surface area contributed by atoms with Crippen molar-refractivity contribution in [3.63, 3.8) is 0 Å². The number of benzene rings is 1. The van der Waals surface area contributed by atoms with Crippen molar-refractivity contribution in [2.75, 3.05) is 5.73 Å². The first-order valence-corrected chi connectivity index (χ1v) is 6.45. The van der Waals surface area contributed by atoms with Crippen LogP contribution < -0.4 is 5.73 Å². The number of nitrogens with two attached hydrogens (primary N) is 1. The Balaban J connectivity index is 2.04. The molecule has 1 aliphatic carbocycles. The molecule has 0 bridgehead atoms. The van der Waals surface area contributed by atoms with E-state index in [0.717, 1.165) is 21.3 Å². The molecule has 1 aromatic carbocycles. The van der Waals surface area contributed by atoms with Crippen LogP contribution in [0.4, 0.5) is 5.00 Å². The zero-order chi connectivity index (χ0) is 11.1. The maximum Gasteiger partial charge on any atom is 0.114 e. The summed E-state index contributed by atoms with van der Waals surface area (Å²) in [4.78, 5) is 4.62. The Bertz CT molecular complexity index is 532. The normalized spacial score (nSPS) is 15.3. The minimum Gasteiger partial charge on any atom is -0.389 e. The molecular weight excluding hydrogens is 240 g/mol. The summed E-state index contributed by atoms with van der Waals surface area (Å²) in [5.41, 5.74) is 7.89. The Hall–Kier alpha value is -1.06. The molecule has 0 amide bonds. The average molecular weight is 251 g/mol. The van der Waals surface area contributed by atoms with E-state index in [9.17, 15) is 0 Å². The van der Waals surface area contributed by atoms with Crippen molar-refractivity contribution in [3.8, 4) is 11.3 Å². The van der Waals surface area contributed by atoms with Gasteiger partial charge in [-0.05, 0) is 25.0 Å². The molecule has 3 rings (SSSR count). The number of rotatable bonds is 2. The van der Waals surface area contributed by atoms with Gasteiger partial charge in [-0.15, -0.1) is 11.3 Å². The summed E-state index contributed by atoms with van der Waals surface area (Å²) in [6, 6.07) is 7.68. The molecule has 82 valence electrons. The second-order valence-electron chi connectivity index (χ2n) is 4.05. The van der Waals surface area contributed by atoms with E-state index in [1.54, 1.807) is 11.3 Å². The van der Waals surface area contributed by atoms with Crippen LogP contribution in [0, 0.1) is 0 Å². The highest BCUT2D eigenvalue weighted by molar-refractivity contribution is 7.16. The lowest BCUT2D eigenvalue weighted by atomic mass is 10.2. The van der Waals surface area contributed by atoms with Crippen LogP contribution in [0.1, 0.15) is 23.8 Å². The molecule has 1 aliphatic rings. The molecule has 0 atom stereocenters. The lowest BCUT2D eigenvalue weighted by Gasteiger charge is -1.98. The zero-order valence-electron chi connectivity index (χ0n) is 8.61. The lowest BCUT2D eigenvalue weighted by molar-refractivity contribution is 1.09. The predicted molar refractivity (Wildman–Crippen MR) is 68.9 cm³/mol. The second kappa shape index (κ2) is 3.75. The summed E-state index contributed by atoms with van der Waals surface area (Å²) in [6.07, 6.45) is 2.50. The van der Waals surface area contributed by atoms with Gasteiger partial charge in [-0.3, -0.25) is 0 Å². The molecule has 16 heavy (non-hydrogen) atoms. The van der Waals surface area contributed by atoms with Gasteiger partial charge >= 0.3 is 0 Å². The molecule has 1 heterocycles. The van der Waals surface area contributed by atoms with E-state index in [4.69, 9.17) is 17.3 Å².